The fraction of sp³-hybridized carbons (Fsp3) is 0.692. The molecular weight excluding hydrogens is 308 g/mol. The quantitative estimate of drug-likeness (QED) is 0.793. The largest absolute Gasteiger partial charge is 0.359 e. The molecular formula is C13H18N4O2S2. The number of aromatic nitrogens is 1. The van der Waals surface area contributed by atoms with Crippen molar-refractivity contribution in [2.75, 3.05) is 42.6 Å². The van der Waals surface area contributed by atoms with Gasteiger partial charge in [0.05, 0.1) is 17.2 Å². The summed E-state index contributed by atoms with van der Waals surface area (Å²) in [5, 5.41) is 10.2. The smallest absolute Gasteiger partial charge is 0.151 e. The molecule has 1 aromatic heterocycles. The maximum absolute atomic E-state index is 11.6. The minimum Gasteiger partial charge on any atom is -0.359 e. The number of hydrogen-bond donors (Lipinski definition) is 0. The van der Waals surface area contributed by atoms with Gasteiger partial charge >= 0.3 is 0 Å². The van der Waals surface area contributed by atoms with Gasteiger partial charge in [-0.2, -0.15) is 9.64 Å². The summed E-state index contributed by atoms with van der Waals surface area (Å²) in [6, 6.07) is 2.41. The van der Waals surface area contributed by atoms with E-state index < -0.39 is 9.84 Å². The zero-order valence-corrected chi connectivity index (χ0v) is 13.6. The van der Waals surface area contributed by atoms with Crippen LogP contribution in [0.2, 0.25) is 0 Å². The summed E-state index contributed by atoms with van der Waals surface area (Å²) in [5.74, 6) is 0.626. The van der Waals surface area contributed by atoms with Crippen LogP contribution in [0.1, 0.15) is 17.7 Å². The molecule has 2 fully saturated rings. The van der Waals surface area contributed by atoms with Crippen molar-refractivity contribution in [1.82, 2.24) is 9.27 Å². The van der Waals surface area contributed by atoms with Crippen LogP contribution in [0.3, 0.4) is 0 Å². The average molecular weight is 326 g/mol. The lowest BCUT2D eigenvalue weighted by Crippen LogP contribution is -2.50. The first-order valence-corrected chi connectivity index (χ1v) is 9.65. The first-order chi connectivity index (χ1) is 10.00. The lowest BCUT2D eigenvalue weighted by Gasteiger charge is -2.38. The molecule has 3 heterocycles. The topological polar surface area (TPSA) is 77.3 Å². The number of rotatable bonds is 2. The van der Waals surface area contributed by atoms with E-state index in [1.165, 1.54) is 11.5 Å². The Morgan fingerprint density at radius 2 is 2.05 bits per heavy atom. The van der Waals surface area contributed by atoms with Crippen LogP contribution >= 0.6 is 11.5 Å². The highest BCUT2D eigenvalue weighted by atomic mass is 32.2. The number of anilines is 1. The molecule has 0 N–H and O–H groups in total. The number of hydrogen-bond acceptors (Lipinski definition) is 7. The van der Waals surface area contributed by atoms with Gasteiger partial charge in [0.25, 0.3) is 0 Å². The van der Waals surface area contributed by atoms with Gasteiger partial charge in [-0.25, -0.2) is 8.42 Å². The van der Waals surface area contributed by atoms with E-state index in [4.69, 9.17) is 0 Å². The summed E-state index contributed by atoms with van der Waals surface area (Å²) in [6.07, 6.45) is 0.755. The summed E-state index contributed by atoms with van der Waals surface area (Å²) in [6.45, 7) is 5.21. The number of nitrogens with zero attached hydrogens (tertiary/aromatic N) is 4. The molecule has 0 aromatic carbocycles. The van der Waals surface area contributed by atoms with Crippen LogP contribution in [-0.2, 0) is 9.84 Å². The Morgan fingerprint density at radius 3 is 2.62 bits per heavy atom. The van der Waals surface area contributed by atoms with Gasteiger partial charge in [-0.3, -0.25) is 4.90 Å². The van der Waals surface area contributed by atoms with Gasteiger partial charge in [-0.1, -0.05) is 0 Å². The lowest BCUT2D eigenvalue weighted by atomic mass is 10.2. The van der Waals surface area contributed by atoms with Crippen molar-refractivity contribution in [2.45, 2.75) is 19.4 Å². The molecule has 0 saturated carbocycles. The van der Waals surface area contributed by atoms with E-state index in [-0.39, 0.29) is 6.04 Å². The maximum Gasteiger partial charge on any atom is 0.151 e. The molecule has 0 unspecified atom stereocenters. The number of aryl methyl sites for hydroxylation is 1. The molecule has 8 heteroatoms. The molecule has 3 rings (SSSR count). The first kappa shape index (κ1) is 14.8. The third-order valence-electron chi connectivity index (χ3n) is 4.28. The molecule has 1 atom stereocenters. The molecule has 0 aliphatic carbocycles. The Morgan fingerprint density at radius 1 is 1.33 bits per heavy atom. The van der Waals surface area contributed by atoms with Gasteiger partial charge < -0.3 is 4.90 Å². The summed E-state index contributed by atoms with van der Waals surface area (Å²) in [7, 11) is -2.82. The number of piperazine rings is 1. The fourth-order valence-corrected chi connectivity index (χ4v) is 5.71. The minimum absolute atomic E-state index is 0.177. The third-order valence-corrected chi connectivity index (χ3v) is 7.03. The number of sulfone groups is 1. The highest BCUT2D eigenvalue weighted by molar-refractivity contribution is 7.91. The van der Waals surface area contributed by atoms with Gasteiger partial charge in [-0.15, -0.1) is 0 Å². The van der Waals surface area contributed by atoms with Crippen LogP contribution in [0.4, 0.5) is 5.00 Å². The second-order valence-electron chi connectivity index (χ2n) is 5.64. The molecule has 6 nitrogen and oxygen atoms in total. The minimum atomic E-state index is -2.82. The second-order valence-corrected chi connectivity index (χ2v) is 8.62. The van der Waals surface area contributed by atoms with E-state index in [1.807, 2.05) is 6.92 Å². The van der Waals surface area contributed by atoms with Gasteiger partial charge in [-0.05, 0) is 24.9 Å². The molecule has 114 valence electrons. The molecule has 1 aromatic rings. The highest BCUT2D eigenvalue weighted by Gasteiger charge is 2.34. The van der Waals surface area contributed by atoms with Gasteiger partial charge in [0.15, 0.2) is 9.84 Å². The molecule has 2 aliphatic heterocycles. The molecule has 2 aliphatic rings. The number of nitriles is 1. The van der Waals surface area contributed by atoms with E-state index in [0.717, 1.165) is 43.3 Å². The van der Waals surface area contributed by atoms with Crippen LogP contribution < -0.4 is 4.90 Å². The van der Waals surface area contributed by atoms with E-state index in [0.29, 0.717) is 17.1 Å². The van der Waals surface area contributed by atoms with E-state index in [1.54, 1.807) is 0 Å². The van der Waals surface area contributed by atoms with Crippen molar-refractivity contribution in [2.24, 2.45) is 0 Å². The van der Waals surface area contributed by atoms with Crippen molar-refractivity contribution in [3.05, 3.63) is 11.3 Å². The van der Waals surface area contributed by atoms with Crippen LogP contribution in [0.25, 0.3) is 0 Å². The molecule has 2 saturated heterocycles. The van der Waals surface area contributed by atoms with E-state index >= 15 is 0 Å². The monoisotopic (exact) mass is 326 g/mol. The first-order valence-electron chi connectivity index (χ1n) is 7.06. The lowest BCUT2D eigenvalue weighted by molar-refractivity contribution is 0.201. The van der Waals surface area contributed by atoms with Gasteiger partial charge in [0.2, 0.25) is 0 Å². The van der Waals surface area contributed by atoms with Crippen molar-refractivity contribution < 1.29 is 8.42 Å². The Kier molecular flexibility index (Phi) is 3.90. The molecule has 0 spiro atoms. The Balaban J connectivity index is 1.64. The summed E-state index contributed by atoms with van der Waals surface area (Å²) < 4.78 is 27.4. The predicted octanol–water partition coefficient (Wildman–Crippen LogP) is 0.632. The average Bonchev–Trinajstić information content (AvgIpc) is 3.01. The molecule has 0 bridgehead atoms. The Bertz CT molecular complexity index is 669. The van der Waals surface area contributed by atoms with Crippen LogP contribution in [0.5, 0.6) is 0 Å². The Labute approximate surface area is 129 Å². The molecule has 0 amide bonds. The zero-order valence-electron chi connectivity index (χ0n) is 11.9. The third kappa shape index (κ3) is 2.91. The van der Waals surface area contributed by atoms with Crippen LogP contribution in [-0.4, -0.2) is 61.4 Å². The Hall–Kier alpha value is -1.17. The van der Waals surface area contributed by atoms with Gasteiger partial charge in [0.1, 0.15) is 16.6 Å². The normalized spacial score (nSPS) is 25.9. The van der Waals surface area contributed by atoms with Crippen LogP contribution in [0.15, 0.2) is 0 Å². The maximum atomic E-state index is 11.6. The summed E-state index contributed by atoms with van der Waals surface area (Å²) in [4.78, 5) is 4.48. The SMILES string of the molecule is Cc1nsc(N2CCN([C@@H]3CCS(=O)(=O)C3)CC2)c1C#N. The standard InChI is InChI=1S/C13H18N4O2S2/c1-10-12(8-14)13(20-15-10)17-5-3-16(4-6-17)11-2-7-21(18,19)9-11/h11H,2-7,9H2,1H3/t11-/m1/s1. The molecule has 21 heavy (non-hydrogen) atoms. The summed E-state index contributed by atoms with van der Waals surface area (Å²) >= 11 is 1.38. The van der Waals surface area contributed by atoms with Crippen molar-refractivity contribution in [1.29, 1.82) is 5.26 Å². The van der Waals surface area contributed by atoms with E-state index in [2.05, 4.69) is 20.2 Å². The van der Waals surface area contributed by atoms with E-state index in [9.17, 15) is 13.7 Å². The second kappa shape index (κ2) is 5.55. The van der Waals surface area contributed by atoms with Crippen molar-refractivity contribution in [3.63, 3.8) is 0 Å². The highest BCUT2D eigenvalue weighted by Crippen LogP contribution is 2.29. The predicted molar refractivity (Wildman–Crippen MR) is 82.4 cm³/mol. The fourth-order valence-electron chi connectivity index (χ4n) is 3.06. The molecule has 0 radical (unpaired) electrons. The zero-order chi connectivity index (χ0) is 15.0. The summed E-state index contributed by atoms with van der Waals surface area (Å²) in [5.41, 5.74) is 1.47. The van der Waals surface area contributed by atoms with Crippen molar-refractivity contribution >= 4 is 26.4 Å². The van der Waals surface area contributed by atoms with Crippen LogP contribution in [0, 0.1) is 18.3 Å². The van der Waals surface area contributed by atoms with Crippen molar-refractivity contribution in [3.8, 4) is 6.07 Å². The van der Waals surface area contributed by atoms with Gasteiger partial charge in [0, 0.05) is 32.2 Å².